The molecule has 1 aromatic carbocycles. The molecule has 0 spiro atoms. The maximum absolute atomic E-state index is 12.6. The largest absolute Gasteiger partial charge is 0.420 e. The fourth-order valence-electron chi connectivity index (χ4n) is 2.66. The van der Waals surface area contributed by atoms with Crippen molar-refractivity contribution in [2.75, 3.05) is 11.9 Å². The van der Waals surface area contributed by atoms with Crippen LogP contribution >= 0.6 is 11.6 Å². The summed E-state index contributed by atoms with van der Waals surface area (Å²) in [5.74, 6) is 0.160. The number of carbonyl (C=O) groups is 1. The summed E-state index contributed by atoms with van der Waals surface area (Å²) < 4.78 is 5.38. The zero-order valence-electron chi connectivity index (χ0n) is 14.7. The zero-order chi connectivity index (χ0) is 18.7. The third kappa shape index (κ3) is 3.83. The van der Waals surface area contributed by atoms with E-state index < -0.39 is 6.09 Å². The third-order valence-corrected chi connectivity index (χ3v) is 4.18. The van der Waals surface area contributed by atoms with E-state index in [1.54, 1.807) is 32.4 Å². The molecule has 5 nitrogen and oxygen atoms in total. The average Bonchev–Trinajstić information content (AvgIpc) is 2.60. The molecule has 0 saturated carbocycles. The van der Waals surface area contributed by atoms with Crippen molar-refractivity contribution in [2.45, 2.75) is 13.8 Å². The van der Waals surface area contributed by atoms with Gasteiger partial charge in [-0.2, -0.15) is 0 Å². The zero-order valence-corrected chi connectivity index (χ0v) is 15.5. The summed E-state index contributed by atoms with van der Waals surface area (Å²) in [7, 11) is 1.64. The number of carbonyl (C=O) groups excluding carboxylic acids is 1. The van der Waals surface area contributed by atoms with Crippen molar-refractivity contribution in [1.29, 1.82) is 0 Å². The van der Waals surface area contributed by atoms with Crippen LogP contribution in [0.5, 0.6) is 5.88 Å². The van der Waals surface area contributed by atoms with Crippen molar-refractivity contribution in [2.24, 2.45) is 0 Å². The van der Waals surface area contributed by atoms with Gasteiger partial charge in [0.05, 0.1) is 11.9 Å². The molecular weight excluding hydrogens is 350 g/mol. The van der Waals surface area contributed by atoms with Gasteiger partial charge in [0.25, 0.3) is 0 Å². The minimum atomic E-state index is -0.568. The molecule has 26 heavy (non-hydrogen) atoms. The van der Waals surface area contributed by atoms with E-state index in [9.17, 15) is 4.79 Å². The van der Waals surface area contributed by atoms with Crippen LogP contribution in [-0.4, -0.2) is 23.1 Å². The van der Waals surface area contributed by atoms with Gasteiger partial charge < -0.3 is 4.74 Å². The van der Waals surface area contributed by atoms with Crippen molar-refractivity contribution in [3.05, 3.63) is 71.1 Å². The predicted octanol–water partition coefficient (Wildman–Crippen LogP) is 5.05. The molecule has 0 radical (unpaired) electrons. The lowest BCUT2D eigenvalue weighted by atomic mass is 10.00. The molecule has 2 heterocycles. The second-order valence-electron chi connectivity index (χ2n) is 5.90. The summed E-state index contributed by atoms with van der Waals surface area (Å²) in [5.41, 5.74) is 4.35. The number of hydrogen-bond acceptors (Lipinski definition) is 4. The highest BCUT2D eigenvalue weighted by molar-refractivity contribution is 6.30. The van der Waals surface area contributed by atoms with Crippen molar-refractivity contribution < 1.29 is 9.53 Å². The Morgan fingerprint density at radius 3 is 2.62 bits per heavy atom. The molecule has 3 aromatic rings. The molecular formula is C20H18ClN3O2. The van der Waals surface area contributed by atoms with E-state index in [2.05, 4.69) is 9.97 Å². The van der Waals surface area contributed by atoms with Crippen LogP contribution in [0.1, 0.15) is 11.3 Å². The second kappa shape index (κ2) is 7.54. The number of rotatable bonds is 3. The van der Waals surface area contributed by atoms with E-state index in [0.717, 1.165) is 16.7 Å². The smallest absolute Gasteiger partial charge is 0.391 e. The van der Waals surface area contributed by atoms with Crippen LogP contribution < -0.4 is 9.64 Å². The molecule has 1 amide bonds. The number of benzene rings is 1. The van der Waals surface area contributed by atoms with Gasteiger partial charge in [-0.15, -0.1) is 0 Å². The molecule has 0 aliphatic carbocycles. The Morgan fingerprint density at radius 2 is 1.88 bits per heavy atom. The van der Waals surface area contributed by atoms with Gasteiger partial charge in [-0.05, 0) is 37.1 Å². The molecule has 0 N–H and O–H groups in total. The lowest BCUT2D eigenvalue weighted by Crippen LogP contribution is -2.30. The van der Waals surface area contributed by atoms with E-state index in [-0.39, 0.29) is 5.88 Å². The van der Waals surface area contributed by atoms with Gasteiger partial charge >= 0.3 is 6.09 Å². The van der Waals surface area contributed by atoms with Gasteiger partial charge in [0.1, 0.15) is 0 Å². The Labute approximate surface area is 157 Å². The van der Waals surface area contributed by atoms with Crippen LogP contribution in [0.25, 0.3) is 11.1 Å². The SMILES string of the molecule is Cc1cc(Cl)cc(OC(=O)N(C)c2cnccc2-c2ccccc2C)n1. The fourth-order valence-corrected chi connectivity index (χ4v) is 2.91. The van der Waals surface area contributed by atoms with Crippen molar-refractivity contribution in [3.63, 3.8) is 0 Å². The molecule has 6 heteroatoms. The Kier molecular flexibility index (Phi) is 5.19. The highest BCUT2D eigenvalue weighted by Gasteiger charge is 2.19. The maximum Gasteiger partial charge on any atom is 0.420 e. The molecule has 0 aliphatic heterocycles. The normalized spacial score (nSPS) is 10.5. The maximum atomic E-state index is 12.6. The molecule has 0 bridgehead atoms. The van der Waals surface area contributed by atoms with Crippen LogP contribution in [0.2, 0.25) is 5.02 Å². The summed E-state index contributed by atoms with van der Waals surface area (Å²) in [6.45, 7) is 3.81. The van der Waals surface area contributed by atoms with Crippen LogP contribution in [0.4, 0.5) is 10.5 Å². The Hall–Kier alpha value is -2.92. The highest BCUT2D eigenvalue weighted by Crippen LogP contribution is 2.32. The number of ether oxygens (including phenoxy) is 1. The first-order valence-electron chi connectivity index (χ1n) is 8.05. The molecule has 0 saturated heterocycles. The van der Waals surface area contributed by atoms with Gasteiger partial charge in [-0.1, -0.05) is 35.9 Å². The van der Waals surface area contributed by atoms with Crippen LogP contribution in [0.3, 0.4) is 0 Å². The number of anilines is 1. The number of hydrogen-bond donors (Lipinski definition) is 0. The molecule has 0 unspecified atom stereocenters. The fraction of sp³-hybridized carbons (Fsp3) is 0.150. The number of pyridine rings is 2. The standard InChI is InChI=1S/C20H18ClN3O2/c1-13-6-4-5-7-16(13)17-8-9-22-12-18(17)24(3)20(25)26-19-11-15(21)10-14(2)23-19/h4-12H,1-3H3. The Balaban J connectivity index is 1.92. The first-order valence-corrected chi connectivity index (χ1v) is 8.43. The lowest BCUT2D eigenvalue weighted by Gasteiger charge is -2.20. The first-order chi connectivity index (χ1) is 12.5. The molecule has 0 aliphatic rings. The molecule has 0 atom stereocenters. The first kappa shape index (κ1) is 17.9. The van der Waals surface area contributed by atoms with Crippen molar-refractivity contribution in [1.82, 2.24) is 9.97 Å². The number of halogens is 1. The van der Waals surface area contributed by atoms with Gasteiger partial charge in [0.2, 0.25) is 5.88 Å². The van der Waals surface area contributed by atoms with Crippen LogP contribution in [-0.2, 0) is 0 Å². The quantitative estimate of drug-likeness (QED) is 0.650. The minimum absolute atomic E-state index is 0.160. The van der Waals surface area contributed by atoms with E-state index in [1.165, 1.54) is 11.0 Å². The van der Waals surface area contributed by atoms with Crippen molar-refractivity contribution in [3.8, 4) is 17.0 Å². The Morgan fingerprint density at radius 1 is 1.12 bits per heavy atom. The number of amides is 1. The summed E-state index contributed by atoms with van der Waals surface area (Å²) in [6.07, 6.45) is 2.77. The summed E-state index contributed by atoms with van der Waals surface area (Å²) in [6, 6.07) is 13.1. The minimum Gasteiger partial charge on any atom is -0.391 e. The Bertz CT molecular complexity index is 939. The summed E-state index contributed by atoms with van der Waals surface area (Å²) in [4.78, 5) is 22.3. The molecule has 2 aromatic heterocycles. The predicted molar refractivity (Wildman–Crippen MR) is 103 cm³/mol. The molecule has 3 rings (SSSR count). The van der Waals surface area contributed by atoms with Crippen molar-refractivity contribution >= 4 is 23.4 Å². The number of aryl methyl sites for hydroxylation is 2. The second-order valence-corrected chi connectivity index (χ2v) is 6.34. The van der Waals surface area contributed by atoms with E-state index in [1.807, 2.05) is 37.3 Å². The number of nitrogens with zero attached hydrogens (tertiary/aromatic N) is 3. The van der Waals surface area contributed by atoms with E-state index >= 15 is 0 Å². The van der Waals surface area contributed by atoms with Crippen LogP contribution in [0.15, 0.2) is 54.9 Å². The summed E-state index contributed by atoms with van der Waals surface area (Å²) >= 11 is 6.00. The van der Waals surface area contributed by atoms with Gasteiger partial charge in [0.15, 0.2) is 0 Å². The average molecular weight is 368 g/mol. The lowest BCUT2D eigenvalue weighted by molar-refractivity contribution is 0.207. The summed E-state index contributed by atoms with van der Waals surface area (Å²) in [5, 5.41) is 0.463. The highest BCUT2D eigenvalue weighted by atomic mass is 35.5. The topological polar surface area (TPSA) is 55.3 Å². The van der Waals surface area contributed by atoms with Gasteiger partial charge in [-0.3, -0.25) is 9.88 Å². The van der Waals surface area contributed by atoms with Gasteiger partial charge in [-0.25, -0.2) is 9.78 Å². The molecule has 0 fully saturated rings. The number of aromatic nitrogens is 2. The molecule has 132 valence electrons. The third-order valence-electron chi connectivity index (χ3n) is 3.96. The monoisotopic (exact) mass is 367 g/mol. The van der Waals surface area contributed by atoms with E-state index in [0.29, 0.717) is 16.4 Å². The van der Waals surface area contributed by atoms with Gasteiger partial charge in [0, 0.05) is 35.6 Å². The van der Waals surface area contributed by atoms with Crippen LogP contribution in [0, 0.1) is 13.8 Å². The van der Waals surface area contributed by atoms with E-state index in [4.69, 9.17) is 16.3 Å².